The van der Waals surface area contributed by atoms with Gasteiger partial charge in [-0.3, -0.25) is 19.9 Å². The molecule has 0 aliphatic carbocycles. The van der Waals surface area contributed by atoms with Crippen molar-refractivity contribution in [3.63, 3.8) is 0 Å². The SMILES string of the molecule is C/C(=N/OCCOc1ccc(CC2SC(=O)NC2=O)cc1)c1ccc(-c2ccncc2)cc1. The lowest BCUT2D eigenvalue weighted by Gasteiger charge is -2.08. The molecule has 1 unspecified atom stereocenters. The van der Waals surface area contributed by atoms with Gasteiger partial charge in [0, 0.05) is 12.4 Å². The molecule has 33 heavy (non-hydrogen) atoms. The Kier molecular flexibility index (Phi) is 7.36. The summed E-state index contributed by atoms with van der Waals surface area (Å²) in [5, 5.41) is 5.81. The molecule has 0 spiro atoms. The van der Waals surface area contributed by atoms with Crippen LogP contribution in [0.15, 0.2) is 78.2 Å². The average molecular weight is 462 g/mol. The second-order valence-corrected chi connectivity index (χ2v) is 8.58. The van der Waals surface area contributed by atoms with E-state index < -0.39 is 0 Å². The van der Waals surface area contributed by atoms with Gasteiger partial charge in [-0.1, -0.05) is 53.3 Å². The van der Waals surface area contributed by atoms with Crippen molar-refractivity contribution in [3.8, 4) is 16.9 Å². The minimum Gasteiger partial charge on any atom is -0.490 e. The van der Waals surface area contributed by atoms with Crippen molar-refractivity contribution in [1.82, 2.24) is 10.3 Å². The molecule has 168 valence electrons. The summed E-state index contributed by atoms with van der Waals surface area (Å²) < 4.78 is 5.68. The molecule has 3 aromatic rings. The number of benzene rings is 2. The summed E-state index contributed by atoms with van der Waals surface area (Å²) in [4.78, 5) is 32.4. The number of hydrogen-bond acceptors (Lipinski definition) is 7. The fourth-order valence-corrected chi connectivity index (χ4v) is 4.16. The Bertz CT molecular complexity index is 1130. The zero-order chi connectivity index (χ0) is 23.0. The molecular weight excluding hydrogens is 438 g/mol. The van der Waals surface area contributed by atoms with Gasteiger partial charge in [0.15, 0.2) is 6.61 Å². The van der Waals surface area contributed by atoms with Crippen LogP contribution in [0.1, 0.15) is 18.1 Å². The van der Waals surface area contributed by atoms with Crippen molar-refractivity contribution < 1.29 is 19.2 Å². The molecule has 7 nitrogen and oxygen atoms in total. The number of aromatic nitrogens is 1. The number of thioether (sulfide) groups is 1. The number of nitrogens with one attached hydrogen (secondary N) is 1. The second kappa shape index (κ2) is 10.8. The smallest absolute Gasteiger partial charge is 0.286 e. The van der Waals surface area contributed by atoms with E-state index >= 15 is 0 Å². The van der Waals surface area contributed by atoms with Crippen LogP contribution in [-0.2, 0) is 16.1 Å². The van der Waals surface area contributed by atoms with E-state index in [2.05, 4.69) is 15.5 Å². The van der Waals surface area contributed by atoms with Crippen LogP contribution in [0.5, 0.6) is 5.75 Å². The van der Waals surface area contributed by atoms with Crippen molar-refractivity contribution >= 4 is 28.6 Å². The molecule has 1 N–H and O–H groups in total. The first-order valence-electron chi connectivity index (χ1n) is 10.5. The highest BCUT2D eigenvalue weighted by Crippen LogP contribution is 2.24. The van der Waals surface area contributed by atoms with Gasteiger partial charge in [0.25, 0.3) is 5.24 Å². The second-order valence-electron chi connectivity index (χ2n) is 7.40. The van der Waals surface area contributed by atoms with E-state index in [4.69, 9.17) is 9.57 Å². The molecule has 1 saturated heterocycles. The van der Waals surface area contributed by atoms with E-state index in [1.807, 2.05) is 67.6 Å². The number of ether oxygens (including phenoxy) is 1. The lowest BCUT2D eigenvalue weighted by molar-refractivity contribution is -0.118. The number of amides is 2. The first kappa shape index (κ1) is 22.5. The van der Waals surface area contributed by atoms with E-state index in [0.717, 1.165) is 39.7 Å². The molecule has 2 amide bonds. The Morgan fingerprint density at radius 3 is 2.33 bits per heavy atom. The van der Waals surface area contributed by atoms with Gasteiger partial charge in [0.2, 0.25) is 5.91 Å². The Morgan fingerprint density at radius 1 is 0.970 bits per heavy atom. The molecule has 2 heterocycles. The average Bonchev–Trinajstić information content (AvgIpc) is 3.16. The van der Waals surface area contributed by atoms with Crippen LogP contribution in [-0.4, -0.2) is 40.3 Å². The summed E-state index contributed by atoms with van der Waals surface area (Å²) in [5.74, 6) is 0.470. The monoisotopic (exact) mass is 461 g/mol. The largest absolute Gasteiger partial charge is 0.490 e. The number of nitrogens with zero attached hydrogens (tertiary/aromatic N) is 2. The Morgan fingerprint density at radius 2 is 1.67 bits per heavy atom. The maximum atomic E-state index is 11.7. The minimum absolute atomic E-state index is 0.233. The lowest BCUT2D eigenvalue weighted by Crippen LogP contribution is -2.25. The van der Waals surface area contributed by atoms with E-state index in [0.29, 0.717) is 25.4 Å². The first-order chi connectivity index (χ1) is 16.1. The van der Waals surface area contributed by atoms with Crippen LogP contribution < -0.4 is 10.1 Å². The van der Waals surface area contributed by atoms with Gasteiger partial charge in [-0.15, -0.1) is 0 Å². The number of oxime groups is 1. The van der Waals surface area contributed by atoms with Crippen LogP contribution in [0.4, 0.5) is 4.79 Å². The summed E-state index contributed by atoms with van der Waals surface area (Å²) in [6, 6.07) is 19.5. The fourth-order valence-electron chi connectivity index (χ4n) is 3.30. The molecule has 0 bridgehead atoms. The number of carbonyl (C=O) groups is 2. The van der Waals surface area contributed by atoms with Gasteiger partial charge in [0.1, 0.15) is 12.4 Å². The van der Waals surface area contributed by atoms with Gasteiger partial charge < -0.3 is 9.57 Å². The van der Waals surface area contributed by atoms with E-state index in [1.165, 1.54) is 0 Å². The molecule has 4 rings (SSSR count). The summed E-state index contributed by atoms with van der Waals surface area (Å²) in [5.41, 5.74) is 4.97. The molecule has 1 aliphatic heterocycles. The normalized spacial score (nSPS) is 15.9. The third-order valence-electron chi connectivity index (χ3n) is 5.07. The van der Waals surface area contributed by atoms with Crippen LogP contribution in [0.3, 0.4) is 0 Å². The fraction of sp³-hybridized carbons (Fsp3) is 0.200. The molecule has 1 aromatic heterocycles. The molecule has 0 radical (unpaired) electrons. The van der Waals surface area contributed by atoms with Crippen molar-refractivity contribution in [1.29, 1.82) is 0 Å². The highest BCUT2D eigenvalue weighted by atomic mass is 32.2. The van der Waals surface area contributed by atoms with Gasteiger partial charge >= 0.3 is 0 Å². The number of carbonyl (C=O) groups excluding carboxylic acids is 2. The van der Waals surface area contributed by atoms with E-state index in [-0.39, 0.29) is 16.4 Å². The summed E-state index contributed by atoms with van der Waals surface area (Å²) in [6.07, 6.45) is 4.06. The lowest BCUT2D eigenvalue weighted by atomic mass is 10.0. The minimum atomic E-state index is -0.370. The number of imide groups is 1. The first-order valence-corrected chi connectivity index (χ1v) is 11.4. The molecular formula is C25H23N3O4S. The summed E-state index contributed by atoms with van der Waals surface area (Å²) in [7, 11) is 0. The predicted molar refractivity (Wildman–Crippen MR) is 128 cm³/mol. The quantitative estimate of drug-likeness (QED) is 0.287. The summed E-state index contributed by atoms with van der Waals surface area (Å²) in [6.45, 7) is 2.57. The third kappa shape index (κ3) is 6.20. The molecule has 1 aliphatic rings. The Balaban J connectivity index is 1.20. The predicted octanol–water partition coefficient (Wildman–Crippen LogP) is 4.46. The highest BCUT2D eigenvalue weighted by Gasteiger charge is 2.31. The molecule has 1 atom stereocenters. The van der Waals surface area contributed by atoms with Crippen LogP contribution in [0.25, 0.3) is 11.1 Å². The van der Waals surface area contributed by atoms with Gasteiger partial charge in [-0.25, -0.2) is 0 Å². The van der Waals surface area contributed by atoms with Gasteiger partial charge in [-0.2, -0.15) is 0 Å². The maximum Gasteiger partial charge on any atom is 0.286 e. The molecule has 0 saturated carbocycles. The van der Waals surface area contributed by atoms with Crippen LogP contribution in [0, 0.1) is 0 Å². The molecule has 1 fully saturated rings. The molecule has 8 heteroatoms. The Hall–Kier alpha value is -3.65. The van der Waals surface area contributed by atoms with Gasteiger partial charge in [-0.05, 0) is 59.9 Å². The zero-order valence-corrected chi connectivity index (χ0v) is 18.9. The van der Waals surface area contributed by atoms with Crippen LogP contribution >= 0.6 is 11.8 Å². The standard InChI is InChI=1S/C25H23N3O4S/c1-17(19-4-6-20(7-5-19)21-10-12-26-13-11-21)28-32-15-14-31-22-8-2-18(3-9-22)16-23-24(29)27-25(30)33-23/h2-13,23H,14-16H2,1H3,(H,27,29,30)/b28-17-. The third-order valence-corrected chi connectivity index (χ3v) is 6.05. The van der Waals surface area contributed by atoms with Crippen molar-refractivity contribution in [2.75, 3.05) is 13.2 Å². The van der Waals surface area contributed by atoms with E-state index in [1.54, 1.807) is 12.4 Å². The van der Waals surface area contributed by atoms with Crippen molar-refractivity contribution in [2.24, 2.45) is 5.16 Å². The number of pyridine rings is 1. The van der Waals surface area contributed by atoms with Crippen LogP contribution in [0.2, 0.25) is 0 Å². The van der Waals surface area contributed by atoms with E-state index in [9.17, 15) is 9.59 Å². The summed E-state index contributed by atoms with van der Waals surface area (Å²) >= 11 is 1.03. The Labute approximate surface area is 196 Å². The highest BCUT2D eigenvalue weighted by molar-refractivity contribution is 8.15. The maximum absolute atomic E-state index is 11.7. The van der Waals surface area contributed by atoms with Crippen molar-refractivity contribution in [2.45, 2.75) is 18.6 Å². The van der Waals surface area contributed by atoms with Gasteiger partial charge in [0.05, 0.1) is 11.0 Å². The molecule has 2 aromatic carbocycles. The topological polar surface area (TPSA) is 89.9 Å². The number of hydrogen-bond donors (Lipinski definition) is 1. The number of rotatable bonds is 9. The van der Waals surface area contributed by atoms with Crippen molar-refractivity contribution in [3.05, 3.63) is 84.2 Å². The zero-order valence-electron chi connectivity index (χ0n) is 18.1.